The summed E-state index contributed by atoms with van der Waals surface area (Å²) in [5.74, 6) is 2.01. The molecule has 38 heavy (non-hydrogen) atoms. The number of aryl methyl sites for hydroxylation is 1. The van der Waals surface area contributed by atoms with Gasteiger partial charge >= 0.3 is 0 Å². The van der Waals surface area contributed by atoms with Crippen molar-refractivity contribution in [1.29, 1.82) is 0 Å². The van der Waals surface area contributed by atoms with Gasteiger partial charge in [-0.2, -0.15) is 0 Å². The fraction of sp³-hybridized carbons (Fsp3) is 0.185. The molecule has 1 amide bonds. The summed E-state index contributed by atoms with van der Waals surface area (Å²) in [6.07, 6.45) is 5.01. The van der Waals surface area contributed by atoms with Crippen molar-refractivity contribution in [3.05, 3.63) is 72.6 Å². The minimum atomic E-state index is -0.315. The quantitative estimate of drug-likeness (QED) is 0.360. The Bertz CT molecular complexity index is 1630. The van der Waals surface area contributed by atoms with Gasteiger partial charge in [0.2, 0.25) is 5.95 Å². The molecule has 0 saturated carbocycles. The lowest BCUT2D eigenvalue weighted by Crippen LogP contribution is -2.37. The van der Waals surface area contributed by atoms with Crippen molar-refractivity contribution >= 4 is 34.4 Å². The Morgan fingerprint density at radius 2 is 1.74 bits per heavy atom. The number of ether oxygens (including phenoxy) is 1. The van der Waals surface area contributed by atoms with E-state index in [9.17, 15) is 4.79 Å². The van der Waals surface area contributed by atoms with Gasteiger partial charge in [-0.05, 0) is 42.8 Å². The Morgan fingerprint density at radius 3 is 2.50 bits per heavy atom. The molecule has 4 aromatic heterocycles. The summed E-state index contributed by atoms with van der Waals surface area (Å²) in [6.45, 7) is 4.41. The third-order valence-corrected chi connectivity index (χ3v) is 6.18. The maximum absolute atomic E-state index is 12.6. The van der Waals surface area contributed by atoms with Crippen molar-refractivity contribution in [1.82, 2.24) is 24.9 Å². The van der Waals surface area contributed by atoms with Crippen LogP contribution in [0.1, 0.15) is 16.3 Å². The van der Waals surface area contributed by atoms with Gasteiger partial charge in [-0.15, -0.1) is 0 Å². The number of hydrogen-bond donors (Lipinski definition) is 2. The number of nitrogens with two attached hydrogens (primary N) is 1. The van der Waals surface area contributed by atoms with Gasteiger partial charge < -0.3 is 25.1 Å². The van der Waals surface area contributed by atoms with Crippen LogP contribution in [0, 0.1) is 6.92 Å². The number of carbonyl (C=O) groups excluding carboxylic acids is 1. The molecule has 0 radical (unpaired) electrons. The lowest BCUT2D eigenvalue weighted by Gasteiger charge is -2.28. The number of aromatic nitrogens is 5. The van der Waals surface area contributed by atoms with Crippen molar-refractivity contribution in [2.75, 3.05) is 42.3 Å². The first-order valence-corrected chi connectivity index (χ1v) is 12.1. The Labute approximate surface area is 217 Å². The van der Waals surface area contributed by atoms with Crippen LogP contribution < -0.4 is 16.0 Å². The Balaban J connectivity index is 1.39. The monoisotopic (exact) mass is 508 g/mol. The van der Waals surface area contributed by atoms with Crippen LogP contribution in [-0.4, -0.2) is 57.1 Å². The average molecular weight is 509 g/mol. The Morgan fingerprint density at radius 1 is 0.947 bits per heavy atom. The zero-order valence-electron chi connectivity index (χ0n) is 20.6. The molecule has 11 heteroatoms. The summed E-state index contributed by atoms with van der Waals surface area (Å²) in [6, 6.07) is 12.9. The van der Waals surface area contributed by atoms with Gasteiger partial charge in [0.25, 0.3) is 5.91 Å². The maximum atomic E-state index is 12.6. The Kier molecular flexibility index (Phi) is 6.10. The molecule has 1 aliphatic rings. The van der Waals surface area contributed by atoms with Crippen molar-refractivity contribution in [2.24, 2.45) is 0 Å². The first-order valence-electron chi connectivity index (χ1n) is 12.1. The summed E-state index contributed by atoms with van der Waals surface area (Å²) < 4.78 is 11.0. The number of benzene rings is 1. The van der Waals surface area contributed by atoms with Gasteiger partial charge in [-0.3, -0.25) is 9.78 Å². The van der Waals surface area contributed by atoms with Crippen LogP contribution in [0.2, 0.25) is 0 Å². The molecule has 0 atom stereocenters. The smallest absolute Gasteiger partial charge is 0.291 e. The average Bonchev–Trinajstić information content (AvgIpc) is 3.39. The zero-order chi connectivity index (χ0) is 26.1. The normalized spacial score (nSPS) is 13.6. The predicted molar refractivity (Wildman–Crippen MR) is 143 cm³/mol. The van der Waals surface area contributed by atoms with E-state index in [0.717, 1.165) is 16.9 Å². The Hall–Kier alpha value is -4.90. The number of furan rings is 1. The fourth-order valence-corrected chi connectivity index (χ4v) is 4.26. The molecule has 5 heterocycles. The van der Waals surface area contributed by atoms with Crippen molar-refractivity contribution in [3.63, 3.8) is 0 Å². The first kappa shape index (κ1) is 23.5. The van der Waals surface area contributed by atoms with E-state index in [-0.39, 0.29) is 17.6 Å². The number of pyridine rings is 1. The van der Waals surface area contributed by atoms with Crippen molar-refractivity contribution < 1.29 is 13.9 Å². The van der Waals surface area contributed by atoms with Crippen LogP contribution in [0.15, 0.2) is 65.5 Å². The van der Waals surface area contributed by atoms with Crippen LogP contribution in [0.4, 0.5) is 17.5 Å². The molecule has 0 bridgehead atoms. The van der Waals surface area contributed by atoms with Gasteiger partial charge in [0.1, 0.15) is 11.3 Å². The summed E-state index contributed by atoms with van der Waals surface area (Å²) in [7, 11) is 0. The van der Waals surface area contributed by atoms with E-state index in [1.54, 1.807) is 37.6 Å². The van der Waals surface area contributed by atoms with E-state index in [0.29, 0.717) is 60.2 Å². The number of nitrogen functional groups attached to an aromatic ring is 1. The van der Waals surface area contributed by atoms with Crippen LogP contribution in [0.3, 0.4) is 0 Å². The molecule has 190 valence electrons. The third kappa shape index (κ3) is 4.74. The van der Waals surface area contributed by atoms with E-state index in [4.69, 9.17) is 29.8 Å². The second-order valence-electron chi connectivity index (χ2n) is 8.84. The fourth-order valence-electron chi connectivity index (χ4n) is 4.26. The number of carbonyl (C=O) groups is 1. The molecule has 1 saturated heterocycles. The SMILES string of the molecule is Cc1ccc(C(=O)Nc2cccc(-c3cnc4c(N5CCOCC5)nc(-c5cnc(N)nc5)nc4c3)c2)o1. The van der Waals surface area contributed by atoms with Gasteiger partial charge in [0.15, 0.2) is 17.4 Å². The summed E-state index contributed by atoms with van der Waals surface area (Å²) in [4.78, 5) is 37.3. The summed E-state index contributed by atoms with van der Waals surface area (Å²) in [5, 5.41) is 2.88. The summed E-state index contributed by atoms with van der Waals surface area (Å²) >= 11 is 0. The van der Waals surface area contributed by atoms with Crippen LogP contribution >= 0.6 is 0 Å². The minimum absolute atomic E-state index is 0.182. The highest BCUT2D eigenvalue weighted by Gasteiger charge is 2.20. The van der Waals surface area contributed by atoms with E-state index in [1.807, 2.05) is 30.3 Å². The first-order chi connectivity index (χ1) is 18.5. The van der Waals surface area contributed by atoms with Crippen LogP contribution in [0.5, 0.6) is 0 Å². The zero-order valence-corrected chi connectivity index (χ0v) is 20.6. The predicted octanol–water partition coefficient (Wildman–Crippen LogP) is 3.72. The second kappa shape index (κ2) is 9.87. The summed E-state index contributed by atoms with van der Waals surface area (Å²) in [5.41, 5.74) is 10.0. The lowest BCUT2D eigenvalue weighted by molar-refractivity contribution is 0.0995. The van der Waals surface area contributed by atoms with Crippen LogP contribution in [-0.2, 0) is 4.74 Å². The van der Waals surface area contributed by atoms with E-state index < -0.39 is 0 Å². The number of morpholine rings is 1. The van der Waals surface area contributed by atoms with Gasteiger partial charge in [0.05, 0.1) is 24.3 Å². The lowest BCUT2D eigenvalue weighted by atomic mass is 10.1. The maximum Gasteiger partial charge on any atom is 0.291 e. The third-order valence-electron chi connectivity index (χ3n) is 6.18. The molecule has 1 aliphatic heterocycles. The number of nitrogens with one attached hydrogen (secondary N) is 1. The molecule has 3 N–H and O–H groups in total. The molecule has 1 fully saturated rings. The number of nitrogens with zero attached hydrogens (tertiary/aromatic N) is 6. The molecule has 6 rings (SSSR count). The highest BCUT2D eigenvalue weighted by atomic mass is 16.5. The number of fused-ring (bicyclic) bond motifs is 1. The van der Waals surface area contributed by atoms with E-state index in [2.05, 4.69) is 20.2 Å². The van der Waals surface area contributed by atoms with Gasteiger partial charge in [0, 0.05) is 42.9 Å². The van der Waals surface area contributed by atoms with Gasteiger partial charge in [-0.1, -0.05) is 12.1 Å². The molecule has 5 aromatic rings. The molecular formula is C27H24N8O3. The van der Waals surface area contributed by atoms with Crippen LogP contribution in [0.25, 0.3) is 33.5 Å². The number of rotatable bonds is 5. The highest BCUT2D eigenvalue weighted by molar-refractivity contribution is 6.02. The minimum Gasteiger partial charge on any atom is -0.456 e. The standard InChI is InChI=1S/C27H24N8O3/c1-16-5-6-22(38-16)26(36)32-20-4-2-3-17(11-20)18-12-21-23(29-13-18)25(35-7-9-37-10-8-35)34-24(33-21)19-14-30-27(28)31-15-19/h2-6,11-15H,7-10H2,1H3,(H,32,36)(H2,28,30,31). The highest BCUT2D eigenvalue weighted by Crippen LogP contribution is 2.30. The second-order valence-corrected chi connectivity index (χ2v) is 8.84. The largest absolute Gasteiger partial charge is 0.456 e. The van der Waals surface area contributed by atoms with Crippen molar-refractivity contribution in [3.8, 4) is 22.5 Å². The molecule has 11 nitrogen and oxygen atoms in total. The molecule has 0 unspecified atom stereocenters. The number of amides is 1. The number of anilines is 3. The molecule has 0 spiro atoms. The van der Waals surface area contributed by atoms with Gasteiger partial charge in [-0.25, -0.2) is 19.9 Å². The topological polar surface area (TPSA) is 145 Å². The van der Waals surface area contributed by atoms with E-state index in [1.165, 1.54) is 0 Å². The van der Waals surface area contributed by atoms with E-state index >= 15 is 0 Å². The molecule has 1 aromatic carbocycles. The van der Waals surface area contributed by atoms with Crippen molar-refractivity contribution in [2.45, 2.75) is 6.92 Å². The number of hydrogen-bond acceptors (Lipinski definition) is 10. The molecule has 0 aliphatic carbocycles. The molecular weight excluding hydrogens is 484 g/mol.